The molecule has 0 spiro atoms. The molecule has 0 saturated heterocycles. The molecule has 1 N–H and O–H groups in total. The molecule has 0 fully saturated rings. The molecule has 0 atom stereocenters. The van der Waals surface area contributed by atoms with Crippen LogP contribution in [0.1, 0.15) is 10.4 Å². The van der Waals surface area contributed by atoms with Gasteiger partial charge in [-0.2, -0.15) is 4.31 Å². The van der Waals surface area contributed by atoms with Crippen LogP contribution in [-0.4, -0.2) is 62.3 Å². The molecular weight excluding hydrogens is 364 g/mol. The summed E-state index contributed by atoms with van der Waals surface area (Å²) >= 11 is 3.08. The van der Waals surface area contributed by atoms with Crippen molar-refractivity contribution in [3.05, 3.63) is 28.2 Å². The molecule has 1 rings (SSSR count). The average molecular weight is 379 g/mol. The minimum atomic E-state index is -3.98. The number of carboxylic acid groups (broad SMARTS) is 1. The summed E-state index contributed by atoms with van der Waals surface area (Å²) < 4.78 is 25.9. The van der Waals surface area contributed by atoms with Gasteiger partial charge in [0, 0.05) is 25.6 Å². The zero-order valence-electron chi connectivity index (χ0n) is 11.7. The second kappa shape index (κ2) is 6.54. The molecule has 7 nitrogen and oxygen atoms in total. The summed E-state index contributed by atoms with van der Waals surface area (Å²) in [6.45, 7) is -0.334. The number of hydrogen-bond acceptors (Lipinski definition) is 4. The number of carbonyl (C=O) groups excluding carboxylic acids is 1. The first kappa shape index (κ1) is 17.6. The van der Waals surface area contributed by atoms with Crippen LogP contribution in [0.4, 0.5) is 0 Å². The van der Waals surface area contributed by atoms with Crippen molar-refractivity contribution in [2.75, 3.05) is 27.7 Å². The Morgan fingerprint density at radius 2 is 1.81 bits per heavy atom. The minimum Gasteiger partial charge on any atom is -0.478 e. The SMILES string of the molecule is CN(C)C(=O)CN(C)S(=O)(=O)c1cc(C(=O)O)ccc1Br. The Kier molecular flexibility index (Phi) is 5.48. The summed E-state index contributed by atoms with van der Waals surface area (Å²) in [6.07, 6.45) is 0. The van der Waals surface area contributed by atoms with Crippen LogP contribution >= 0.6 is 15.9 Å². The molecule has 0 bridgehead atoms. The van der Waals surface area contributed by atoms with Crippen molar-refractivity contribution in [2.24, 2.45) is 0 Å². The third-order valence-corrected chi connectivity index (χ3v) is 5.52. The zero-order chi connectivity index (χ0) is 16.4. The van der Waals surface area contributed by atoms with Gasteiger partial charge in [-0.25, -0.2) is 13.2 Å². The van der Waals surface area contributed by atoms with E-state index in [1.807, 2.05) is 0 Å². The normalized spacial score (nSPS) is 11.5. The molecule has 1 aromatic rings. The highest BCUT2D eigenvalue weighted by atomic mass is 79.9. The quantitative estimate of drug-likeness (QED) is 0.819. The van der Waals surface area contributed by atoms with E-state index in [1.54, 1.807) is 0 Å². The van der Waals surface area contributed by atoms with Gasteiger partial charge in [-0.05, 0) is 34.1 Å². The molecular formula is C12H15BrN2O5S. The monoisotopic (exact) mass is 378 g/mol. The number of halogens is 1. The number of rotatable bonds is 5. The Labute approximate surface area is 131 Å². The van der Waals surface area contributed by atoms with Crippen LogP contribution in [0, 0.1) is 0 Å². The number of benzene rings is 1. The zero-order valence-corrected chi connectivity index (χ0v) is 14.1. The van der Waals surface area contributed by atoms with Crippen LogP contribution in [0.5, 0.6) is 0 Å². The predicted molar refractivity (Wildman–Crippen MR) is 79.6 cm³/mol. The lowest BCUT2D eigenvalue weighted by Crippen LogP contribution is -2.37. The first-order valence-electron chi connectivity index (χ1n) is 5.76. The van der Waals surface area contributed by atoms with E-state index in [9.17, 15) is 18.0 Å². The third kappa shape index (κ3) is 4.02. The average Bonchev–Trinajstić information content (AvgIpc) is 2.38. The lowest BCUT2D eigenvalue weighted by molar-refractivity contribution is -0.128. The molecule has 21 heavy (non-hydrogen) atoms. The molecule has 9 heteroatoms. The number of carbonyl (C=O) groups is 2. The molecule has 0 aromatic heterocycles. The maximum Gasteiger partial charge on any atom is 0.335 e. The Balaban J connectivity index is 3.21. The molecule has 116 valence electrons. The van der Waals surface area contributed by atoms with Crippen LogP contribution in [0.3, 0.4) is 0 Å². The highest BCUT2D eigenvalue weighted by Gasteiger charge is 2.26. The lowest BCUT2D eigenvalue weighted by Gasteiger charge is -2.20. The standard InChI is InChI=1S/C12H15BrN2O5S/c1-14(2)11(16)7-15(3)21(19,20)10-6-8(12(17)18)4-5-9(10)13/h4-6H,7H2,1-3H3,(H,17,18). The number of nitrogens with zero attached hydrogens (tertiary/aromatic N) is 2. The van der Waals surface area contributed by atoms with E-state index in [-0.39, 0.29) is 27.4 Å². The topological polar surface area (TPSA) is 95.0 Å². The van der Waals surface area contributed by atoms with E-state index in [2.05, 4.69) is 15.9 Å². The van der Waals surface area contributed by atoms with Gasteiger partial charge in [0.1, 0.15) is 0 Å². The number of amides is 1. The molecule has 0 aliphatic carbocycles. The van der Waals surface area contributed by atoms with Gasteiger partial charge in [-0.1, -0.05) is 0 Å². The maximum absolute atomic E-state index is 12.4. The Hall–Kier alpha value is -1.45. The summed E-state index contributed by atoms with van der Waals surface area (Å²) in [5, 5.41) is 8.94. The van der Waals surface area contributed by atoms with E-state index in [0.29, 0.717) is 0 Å². The summed E-state index contributed by atoms with van der Waals surface area (Å²) in [5.74, 6) is -1.61. The summed E-state index contributed by atoms with van der Waals surface area (Å²) in [4.78, 5) is 23.6. The highest BCUT2D eigenvalue weighted by Crippen LogP contribution is 2.25. The van der Waals surface area contributed by atoms with E-state index < -0.39 is 16.0 Å². The molecule has 0 aliphatic rings. The first-order chi connectivity index (χ1) is 9.57. The van der Waals surface area contributed by atoms with Gasteiger partial charge < -0.3 is 10.0 Å². The highest BCUT2D eigenvalue weighted by molar-refractivity contribution is 9.10. The van der Waals surface area contributed by atoms with Crippen molar-refractivity contribution in [1.29, 1.82) is 0 Å². The fourth-order valence-electron chi connectivity index (χ4n) is 1.42. The fraction of sp³-hybridized carbons (Fsp3) is 0.333. The predicted octanol–water partition coefficient (Wildman–Crippen LogP) is 0.856. The number of sulfonamides is 1. The maximum atomic E-state index is 12.4. The van der Waals surface area contributed by atoms with Crippen molar-refractivity contribution in [3.63, 3.8) is 0 Å². The number of hydrogen-bond donors (Lipinski definition) is 1. The molecule has 0 aliphatic heterocycles. The third-order valence-electron chi connectivity index (χ3n) is 2.72. The van der Waals surface area contributed by atoms with Crippen molar-refractivity contribution in [3.8, 4) is 0 Å². The molecule has 0 radical (unpaired) electrons. The van der Waals surface area contributed by atoms with Crippen LogP contribution in [0.15, 0.2) is 27.6 Å². The van der Waals surface area contributed by atoms with Crippen molar-refractivity contribution in [2.45, 2.75) is 4.90 Å². The van der Waals surface area contributed by atoms with E-state index in [0.717, 1.165) is 10.4 Å². The van der Waals surface area contributed by atoms with Gasteiger partial charge in [-0.3, -0.25) is 4.79 Å². The first-order valence-corrected chi connectivity index (χ1v) is 8.00. The number of aromatic carboxylic acids is 1. The summed E-state index contributed by atoms with van der Waals surface area (Å²) in [7, 11) is 0.317. The second-order valence-corrected chi connectivity index (χ2v) is 7.37. The van der Waals surface area contributed by atoms with Crippen LogP contribution < -0.4 is 0 Å². The van der Waals surface area contributed by atoms with Gasteiger partial charge in [0.15, 0.2) is 0 Å². The van der Waals surface area contributed by atoms with Gasteiger partial charge in [0.25, 0.3) is 0 Å². The molecule has 0 heterocycles. The van der Waals surface area contributed by atoms with Gasteiger partial charge in [0.05, 0.1) is 17.0 Å². The Bertz CT molecular complexity index is 672. The van der Waals surface area contributed by atoms with Crippen molar-refractivity contribution < 1.29 is 23.1 Å². The van der Waals surface area contributed by atoms with Crippen LogP contribution in [0.25, 0.3) is 0 Å². The smallest absolute Gasteiger partial charge is 0.335 e. The van der Waals surface area contributed by atoms with E-state index in [4.69, 9.17) is 5.11 Å². The van der Waals surface area contributed by atoms with Gasteiger partial charge in [0.2, 0.25) is 15.9 Å². The summed E-state index contributed by atoms with van der Waals surface area (Å²) in [6, 6.07) is 3.69. The number of carboxylic acids is 1. The van der Waals surface area contributed by atoms with Crippen molar-refractivity contribution >= 4 is 37.8 Å². The minimum absolute atomic E-state index is 0.149. The molecule has 1 aromatic carbocycles. The molecule has 1 amide bonds. The fourth-order valence-corrected chi connectivity index (χ4v) is 3.49. The molecule has 0 unspecified atom stereocenters. The van der Waals surface area contributed by atoms with Crippen molar-refractivity contribution in [1.82, 2.24) is 9.21 Å². The Morgan fingerprint density at radius 1 is 1.24 bits per heavy atom. The van der Waals surface area contributed by atoms with Gasteiger partial charge in [-0.15, -0.1) is 0 Å². The largest absolute Gasteiger partial charge is 0.478 e. The lowest BCUT2D eigenvalue weighted by atomic mass is 10.2. The van der Waals surface area contributed by atoms with E-state index >= 15 is 0 Å². The summed E-state index contributed by atoms with van der Waals surface area (Å²) in [5.41, 5.74) is -0.149. The van der Waals surface area contributed by atoms with Crippen LogP contribution in [-0.2, 0) is 14.8 Å². The van der Waals surface area contributed by atoms with Gasteiger partial charge >= 0.3 is 5.97 Å². The van der Waals surface area contributed by atoms with E-state index in [1.165, 1.54) is 38.2 Å². The van der Waals surface area contributed by atoms with Crippen LogP contribution in [0.2, 0.25) is 0 Å². The second-order valence-electron chi connectivity index (χ2n) is 4.50. The Morgan fingerprint density at radius 3 is 2.29 bits per heavy atom. The molecule has 0 saturated carbocycles. The number of likely N-dealkylation sites (N-methyl/N-ethyl adjacent to an activating group) is 2.